The number of carbonyl (C=O) groups is 7. The van der Waals surface area contributed by atoms with Gasteiger partial charge < -0.3 is 36.6 Å². The first-order valence-corrected chi connectivity index (χ1v) is 50.9. The van der Waals surface area contributed by atoms with Crippen LogP contribution in [0.4, 0.5) is 0 Å². The minimum absolute atomic E-state index is 0. The first-order valence-electron chi connectivity index (χ1n) is 47.6. The van der Waals surface area contributed by atoms with E-state index in [-0.39, 0.29) is 114 Å². The second-order valence-corrected chi connectivity index (χ2v) is 47.6. The number of halogens is 2. The quantitative estimate of drug-likeness (QED) is 0.0737. The van der Waals surface area contributed by atoms with Crippen LogP contribution in [-0.4, -0.2) is 134 Å². The number of nitrogens with zero attached hydrogens (tertiary/aromatic N) is 5. The Balaban J connectivity index is 0.000000174. The number of hydrogen-bond donors (Lipinski definition) is 4. The van der Waals surface area contributed by atoms with E-state index in [0.29, 0.717) is 33.3 Å². The fraction of sp³-hybridized carbons (Fsp3) is 0.596. The van der Waals surface area contributed by atoms with Crippen LogP contribution in [0.3, 0.4) is 0 Å². The third-order valence-electron chi connectivity index (χ3n) is 30.8. The number of piperidine rings is 4. The van der Waals surface area contributed by atoms with Crippen molar-refractivity contribution < 1.29 is 38.7 Å². The topological polar surface area (TPSA) is 239 Å². The molecule has 4 saturated heterocycles. The molecule has 16 nitrogen and oxygen atoms in total. The number of thiazole rings is 2. The molecule has 710 valence electrons. The maximum absolute atomic E-state index is 11.6. The van der Waals surface area contributed by atoms with Crippen LogP contribution in [0.1, 0.15) is 387 Å². The van der Waals surface area contributed by atoms with E-state index in [0.717, 1.165) is 121 Å². The highest BCUT2D eigenvalue weighted by molar-refractivity contribution is 9.09. The normalized spacial score (nSPS) is 20.7. The molecule has 0 atom stereocenters. The van der Waals surface area contributed by atoms with Crippen molar-refractivity contribution in [1.82, 2.24) is 30.0 Å². The van der Waals surface area contributed by atoms with E-state index >= 15 is 0 Å². The van der Waals surface area contributed by atoms with Crippen LogP contribution >= 0.6 is 63.2 Å². The lowest BCUT2D eigenvalue weighted by molar-refractivity contribution is -0.132. The van der Waals surface area contributed by atoms with Crippen LogP contribution in [0, 0.1) is 11.8 Å². The number of amides is 4. The number of carboxylic acid groups (broad SMARTS) is 1. The average molecular weight is 1920 g/mol. The van der Waals surface area contributed by atoms with Gasteiger partial charge in [-0.2, -0.15) is 0 Å². The highest BCUT2D eigenvalue weighted by Gasteiger charge is 2.43. The molecule has 0 saturated carbocycles. The van der Waals surface area contributed by atoms with E-state index in [4.69, 9.17) is 38.8 Å². The van der Waals surface area contributed by atoms with Crippen molar-refractivity contribution >= 4 is 109 Å². The van der Waals surface area contributed by atoms with Crippen molar-refractivity contribution in [3.8, 4) is 21.1 Å². The minimum atomic E-state index is -0.841. The Morgan fingerprint density at radius 3 is 0.962 bits per heavy atom. The summed E-state index contributed by atoms with van der Waals surface area (Å²) >= 11 is 11.8. The number of likely N-dealkylation sites (tertiary alicyclic amines) is 3. The van der Waals surface area contributed by atoms with Gasteiger partial charge in [-0.15, -0.1) is 35.1 Å². The van der Waals surface area contributed by atoms with E-state index in [1.807, 2.05) is 40.5 Å². The van der Waals surface area contributed by atoms with Gasteiger partial charge in [0.05, 0.1) is 22.3 Å². The molecular weight excluding hydrogens is 1760 g/mol. The Morgan fingerprint density at radius 1 is 0.392 bits per heavy atom. The van der Waals surface area contributed by atoms with Gasteiger partial charge in [0.2, 0.25) is 23.6 Å². The number of nitrogens with two attached hydrogens (primary N) is 2. The number of fused-ring (bicyclic) bond motifs is 5. The zero-order valence-corrected chi connectivity index (χ0v) is 87.8. The number of nitrogens with one attached hydrogen (secondary N) is 1. The number of hydrogen-bond acceptors (Lipinski definition) is 13. The molecule has 0 spiro atoms. The lowest BCUT2D eigenvalue weighted by Gasteiger charge is -2.42. The molecule has 4 fully saturated rings. The number of aromatic carboxylic acids is 1. The molecule has 5 aromatic carbocycles. The number of thiocarbonyl (C=S) groups is 1. The molecule has 4 aliphatic heterocycles. The molecule has 0 radical (unpaired) electrons. The number of primary amides is 1. The van der Waals surface area contributed by atoms with Gasteiger partial charge in [0, 0.05) is 117 Å². The second-order valence-electron chi connectivity index (χ2n) is 44.9. The van der Waals surface area contributed by atoms with Crippen LogP contribution in [-0.2, 0) is 78.1 Å². The first-order chi connectivity index (χ1) is 60.0. The van der Waals surface area contributed by atoms with Crippen molar-refractivity contribution in [3.63, 3.8) is 0 Å². The summed E-state index contributed by atoms with van der Waals surface area (Å²) in [5.74, 6) is 1.25. The fourth-order valence-corrected chi connectivity index (χ4v) is 23.1. The van der Waals surface area contributed by atoms with E-state index in [1.165, 1.54) is 141 Å². The molecule has 2 aromatic heterocycles. The summed E-state index contributed by atoms with van der Waals surface area (Å²) in [6.45, 7) is 59.6. The van der Waals surface area contributed by atoms with Gasteiger partial charge >= 0.3 is 5.97 Å². The summed E-state index contributed by atoms with van der Waals surface area (Å²) in [6, 6.07) is 32.1. The van der Waals surface area contributed by atoms with Gasteiger partial charge in [0.1, 0.15) is 26.6 Å². The van der Waals surface area contributed by atoms with E-state index in [2.05, 4.69) is 231 Å². The van der Waals surface area contributed by atoms with Crippen molar-refractivity contribution in [1.29, 1.82) is 0 Å². The molecule has 5 aliphatic carbocycles. The van der Waals surface area contributed by atoms with E-state index in [1.54, 1.807) is 54.9 Å². The van der Waals surface area contributed by atoms with Crippen LogP contribution < -0.4 is 16.8 Å². The maximum Gasteiger partial charge on any atom is 0.335 e. The summed E-state index contributed by atoms with van der Waals surface area (Å²) < 4.78 is 0. The number of aromatic nitrogens is 2. The molecule has 7 aromatic rings. The number of benzene rings is 5. The molecule has 9 aliphatic rings. The van der Waals surface area contributed by atoms with Gasteiger partial charge in [-0.1, -0.05) is 215 Å². The number of carboxylic acids is 1. The van der Waals surface area contributed by atoms with Gasteiger partial charge in [0.15, 0.2) is 0 Å². The van der Waals surface area contributed by atoms with Gasteiger partial charge in [0.25, 0.3) is 0 Å². The Morgan fingerprint density at radius 2 is 0.662 bits per heavy atom. The zero-order valence-electron chi connectivity index (χ0n) is 82.9. The Kier molecular flexibility index (Phi) is 34.9. The predicted molar refractivity (Wildman–Crippen MR) is 548 cm³/mol. The minimum Gasteiger partial charge on any atom is -0.478 e. The summed E-state index contributed by atoms with van der Waals surface area (Å²) in [6.07, 6.45) is 19.9. The molecule has 0 bridgehead atoms. The van der Waals surface area contributed by atoms with Crippen molar-refractivity contribution in [2.75, 3.05) is 57.7 Å². The molecular formula is C109H154BrClN8O8S3. The van der Waals surface area contributed by atoms with E-state index in [9.17, 15) is 33.6 Å². The molecule has 6 heterocycles. The van der Waals surface area contributed by atoms with Crippen LogP contribution in [0.2, 0.25) is 0 Å². The summed E-state index contributed by atoms with van der Waals surface area (Å²) in [7, 11) is 0. The lowest BCUT2D eigenvalue weighted by atomic mass is 9.63. The van der Waals surface area contributed by atoms with Crippen molar-refractivity contribution in [2.24, 2.45) is 23.3 Å². The lowest BCUT2D eigenvalue weighted by Crippen LogP contribution is -2.39. The third-order valence-corrected chi connectivity index (χ3v) is 33.4. The van der Waals surface area contributed by atoms with Crippen LogP contribution in [0.25, 0.3) is 21.1 Å². The number of carbonyl (C=O) groups excluding carboxylic acids is 6. The van der Waals surface area contributed by atoms with Crippen LogP contribution in [0.5, 0.6) is 0 Å². The first kappa shape index (κ1) is 106. The number of rotatable bonds is 10. The molecule has 16 rings (SSSR count). The number of Topliss-reactive ketones (excluding diaryl/α,β-unsaturated/α-hetero) is 2. The number of alkyl halides is 1. The monoisotopic (exact) mass is 1910 g/mol. The Labute approximate surface area is 807 Å². The Bertz CT molecular complexity index is 4970. The predicted octanol–water partition coefficient (Wildman–Crippen LogP) is 24.5. The number of ketones is 2. The third kappa shape index (κ3) is 25.8. The van der Waals surface area contributed by atoms with Gasteiger partial charge in [-0.3, -0.25) is 28.8 Å². The Hall–Kier alpha value is -7.33. The highest BCUT2D eigenvalue weighted by Crippen LogP contribution is 2.52. The summed E-state index contributed by atoms with van der Waals surface area (Å²) in [5, 5.41) is 19.8. The smallest absolute Gasteiger partial charge is 0.335 e. The molecule has 4 amide bonds. The second kappa shape index (κ2) is 42.7. The van der Waals surface area contributed by atoms with E-state index < -0.39 is 5.97 Å². The molecule has 0 unspecified atom stereocenters. The largest absolute Gasteiger partial charge is 0.478 e. The van der Waals surface area contributed by atoms with Crippen molar-refractivity contribution in [3.05, 3.63) is 185 Å². The SMILES string of the molecule is CC(=O)C1CCN(C(C)=O)CC1.CC(=O)N1CCC(C(=O)CBr)CC1.CC(=O)N1CCC(c2csc(-c3ccc4c(c3)C(C)(C)CCC4(C)C)n2)CC1.CC1(C)CCC(C)(C)c2cc(-c3nc(C4CCNCC4)cs3)ccc21.CC1(C)CCC(C)(C)c2cc(C(=O)O)ccc21.CC1(C)CCC(C)(C)c2cc(C(N)=O)ccc21.CC1(C)CCC(C)(C)c2cc(C(N)=S)ccc21.Cl. The maximum atomic E-state index is 11.6. The standard InChI is InChI=1S/C24H32N2OS.C22H30N2S.C15H21NO.C15H21NS.C15H20O2.C9H14BrNO2.C9H15NO2.ClH/c1-16(27)26-12-8-17(9-13-26)21-15-28-22(25-21)18-6-7-19-20(14-18)24(4,5)11-10-23(19,2)3;1-21(2)9-10-22(3,4)18-13-16(5-6-17(18)21)20-24-19(14-25-20)15-7-11-23-12-8-15;3*1-14(2)7-8-15(3,4)12-9-10(13(16)17)5-6-11(12)14;1-7(12)11-4-2-8(3-5-11)9(13)6-10;1-7(11)9-3-5-10(6-4-9)8(2)12;/h6-7,14-15,17H,8-13H2,1-5H3;5-6,13-15,23H,7-12H2,1-4H3;2*5-6,9H,7-8H2,1-4H3,(H2,16,17);5-6,9H,7-8H2,1-4H3,(H,16,17);8H,2-6H2,1H3;9H,3-6H2,1-2H3;1H. The van der Waals surface area contributed by atoms with Crippen molar-refractivity contribution in [2.45, 2.75) is 348 Å². The molecule has 130 heavy (non-hydrogen) atoms. The molecule has 6 N–H and O–H groups in total. The fourth-order valence-electron chi connectivity index (χ4n) is 20.7. The summed E-state index contributed by atoms with van der Waals surface area (Å²) in [4.78, 5) is 94.2. The average Bonchev–Trinajstić information content (AvgIpc) is 1.03. The van der Waals surface area contributed by atoms with Crippen LogP contribution in [0.15, 0.2) is 102 Å². The summed E-state index contributed by atoms with van der Waals surface area (Å²) in [5.41, 5.74) is 34.3. The van der Waals surface area contributed by atoms with Gasteiger partial charge in [-0.25, -0.2) is 14.8 Å². The molecule has 21 heteroatoms. The zero-order chi connectivity index (χ0) is 95.3. The van der Waals surface area contributed by atoms with Gasteiger partial charge in [-0.05, 0) is 288 Å². The highest BCUT2D eigenvalue weighted by atomic mass is 79.9.